The van der Waals surface area contributed by atoms with Gasteiger partial charge in [0.15, 0.2) is 0 Å². The third-order valence-corrected chi connectivity index (χ3v) is 3.20. The first-order valence-corrected chi connectivity index (χ1v) is 5.35. The van der Waals surface area contributed by atoms with Crippen LogP contribution in [-0.4, -0.2) is 29.9 Å². The highest BCUT2D eigenvalue weighted by atomic mass is 32.1. The fraction of sp³-hybridized carbons (Fsp3) is 0.667. The summed E-state index contributed by atoms with van der Waals surface area (Å²) < 4.78 is 5.32. The SMILES string of the molecule is OCC1(Cc2cscn2)CCOC1. The Bertz CT molecular complexity index is 255. The van der Waals surface area contributed by atoms with Gasteiger partial charge in [-0.15, -0.1) is 11.3 Å². The van der Waals surface area contributed by atoms with Crippen LogP contribution in [0.4, 0.5) is 0 Å². The fourth-order valence-corrected chi connectivity index (χ4v) is 2.24. The minimum absolute atomic E-state index is 0.0614. The third kappa shape index (κ3) is 1.90. The second-order valence-electron chi connectivity index (χ2n) is 3.62. The molecule has 3 nitrogen and oxygen atoms in total. The maximum Gasteiger partial charge on any atom is 0.0794 e. The zero-order valence-electron chi connectivity index (χ0n) is 7.40. The third-order valence-electron chi connectivity index (χ3n) is 2.56. The Kier molecular flexibility index (Phi) is 2.62. The molecule has 1 aliphatic heterocycles. The van der Waals surface area contributed by atoms with Crippen molar-refractivity contribution in [2.75, 3.05) is 19.8 Å². The van der Waals surface area contributed by atoms with Gasteiger partial charge < -0.3 is 9.84 Å². The van der Waals surface area contributed by atoms with Crippen LogP contribution < -0.4 is 0 Å². The molecule has 0 aliphatic carbocycles. The summed E-state index contributed by atoms with van der Waals surface area (Å²) in [4.78, 5) is 4.22. The van der Waals surface area contributed by atoms with Crippen molar-refractivity contribution in [1.82, 2.24) is 4.98 Å². The largest absolute Gasteiger partial charge is 0.396 e. The molecule has 0 amide bonds. The van der Waals surface area contributed by atoms with Crippen molar-refractivity contribution in [1.29, 1.82) is 0 Å². The van der Waals surface area contributed by atoms with Crippen LogP contribution in [-0.2, 0) is 11.2 Å². The number of aliphatic hydroxyl groups is 1. The van der Waals surface area contributed by atoms with Gasteiger partial charge in [0.25, 0.3) is 0 Å². The maximum atomic E-state index is 9.31. The van der Waals surface area contributed by atoms with Crippen molar-refractivity contribution in [3.05, 3.63) is 16.6 Å². The predicted octanol–water partition coefficient (Wildman–Crippen LogP) is 1.08. The topological polar surface area (TPSA) is 42.4 Å². The molecule has 1 fully saturated rings. The summed E-state index contributed by atoms with van der Waals surface area (Å²) in [7, 11) is 0. The Balaban J connectivity index is 2.06. The zero-order chi connectivity index (χ0) is 9.15. The Morgan fingerprint density at radius 2 is 2.62 bits per heavy atom. The highest BCUT2D eigenvalue weighted by Gasteiger charge is 2.34. The Morgan fingerprint density at radius 1 is 1.69 bits per heavy atom. The van der Waals surface area contributed by atoms with Gasteiger partial charge in [-0.05, 0) is 6.42 Å². The van der Waals surface area contributed by atoms with E-state index in [2.05, 4.69) is 4.98 Å². The van der Waals surface area contributed by atoms with Gasteiger partial charge in [-0.3, -0.25) is 0 Å². The van der Waals surface area contributed by atoms with E-state index in [1.165, 1.54) is 0 Å². The van der Waals surface area contributed by atoms with Crippen LogP contribution in [0.3, 0.4) is 0 Å². The van der Waals surface area contributed by atoms with Gasteiger partial charge in [0.1, 0.15) is 0 Å². The lowest BCUT2D eigenvalue weighted by Crippen LogP contribution is -2.28. The second kappa shape index (κ2) is 3.74. The summed E-state index contributed by atoms with van der Waals surface area (Å²) in [5.74, 6) is 0. The van der Waals surface area contributed by atoms with E-state index in [1.54, 1.807) is 11.3 Å². The Morgan fingerprint density at radius 3 is 3.15 bits per heavy atom. The summed E-state index contributed by atoms with van der Waals surface area (Å²) in [6, 6.07) is 0. The Labute approximate surface area is 81.4 Å². The predicted molar refractivity (Wildman–Crippen MR) is 50.8 cm³/mol. The number of rotatable bonds is 3. The van der Waals surface area contributed by atoms with Crippen molar-refractivity contribution < 1.29 is 9.84 Å². The fourth-order valence-electron chi connectivity index (χ4n) is 1.68. The van der Waals surface area contributed by atoms with E-state index < -0.39 is 0 Å². The molecule has 72 valence electrons. The first-order valence-electron chi connectivity index (χ1n) is 4.40. The van der Waals surface area contributed by atoms with E-state index in [1.807, 2.05) is 10.9 Å². The molecule has 0 aromatic carbocycles. The molecule has 1 aliphatic rings. The maximum absolute atomic E-state index is 9.31. The lowest BCUT2D eigenvalue weighted by Gasteiger charge is -2.23. The summed E-state index contributed by atoms with van der Waals surface area (Å²) in [6.07, 6.45) is 1.79. The van der Waals surface area contributed by atoms with E-state index in [9.17, 15) is 5.11 Å². The minimum atomic E-state index is -0.0614. The average molecular weight is 199 g/mol. The first-order chi connectivity index (χ1) is 6.35. The van der Waals surface area contributed by atoms with Crippen molar-refractivity contribution in [2.24, 2.45) is 5.41 Å². The number of hydrogen-bond donors (Lipinski definition) is 1. The summed E-state index contributed by atoms with van der Waals surface area (Å²) >= 11 is 1.60. The van der Waals surface area contributed by atoms with Crippen molar-refractivity contribution in [3.8, 4) is 0 Å². The zero-order valence-corrected chi connectivity index (χ0v) is 8.22. The number of ether oxygens (including phenoxy) is 1. The normalized spacial score (nSPS) is 28.1. The molecule has 0 radical (unpaired) electrons. The van der Waals surface area contributed by atoms with Crippen LogP contribution in [0, 0.1) is 5.41 Å². The standard InChI is InChI=1S/C9H13NO2S/c11-5-9(1-2-12-6-9)3-8-4-13-7-10-8/h4,7,11H,1-3,5-6H2. The van der Waals surface area contributed by atoms with Crippen LogP contribution in [0.5, 0.6) is 0 Å². The molecule has 2 rings (SSSR count). The van der Waals surface area contributed by atoms with Crippen LogP contribution >= 0.6 is 11.3 Å². The smallest absolute Gasteiger partial charge is 0.0794 e. The minimum Gasteiger partial charge on any atom is -0.396 e. The van der Waals surface area contributed by atoms with Gasteiger partial charge in [-0.25, -0.2) is 4.98 Å². The quantitative estimate of drug-likeness (QED) is 0.792. The molecule has 13 heavy (non-hydrogen) atoms. The van der Waals surface area contributed by atoms with Crippen molar-refractivity contribution in [3.63, 3.8) is 0 Å². The van der Waals surface area contributed by atoms with E-state index in [4.69, 9.17) is 4.74 Å². The first kappa shape index (κ1) is 9.12. The molecule has 1 N–H and O–H groups in total. The monoisotopic (exact) mass is 199 g/mol. The van der Waals surface area contributed by atoms with Gasteiger partial charge in [-0.2, -0.15) is 0 Å². The van der Waals surface area contributed by atoms with Crippen LogP contribution in [0.1, 0.15) is 12.1 Å². The molecule has 2 heterocycles. The van der Waals surface area contributed by atoms with Crippen LogP contribution in [0.15, 0.2) is 10.9 Å². The molecule has 0 bridgehead atoms. The lowest BCUT2D eigenvalue weighted by molar-refractivity contribution is 0.0929. The number of thiazole rings is 1. The highest BCUT2D eigenvalue weighted by molar-refractivity contribution is 7.07. The van der Waals surface area contributed by atoms with Crippen LogP contribution in [0.2, 0.25) is 0 Å². The highest BCUT2D eigenvalue weighted by Crippen LogP contribution is 2.31. The summed E-state index contributed by atoms with van der Waals surface area (Å²) in [6.45, 7) is 1.64. The van der Waals surface area contributed by atoms with E-state index >= 15 is 0 Å². The Hall–Kier alpha value is -0.450. The average Bonchev–Trinajstić information content (AvgIpc) is 2.77. The van der Waals surface area contributed by atoms with Crippen molar-refractivity contribution in [2.45, 2.75) is 12.8 Å². The van der Waals surface area contributed by atoms with Gasteiger partial charge in [-0.1, -0.05) is 0 Å². The molecule has 1 saturated heterocycles. The van der Waals surface area contributed by atoms with Gasteiger partial charge in [0, 0.05) is 23.8 Å². The van der Waals surface area contributed by atoms with Crippen LogP contribution in [0.25, 0.3) is 0 Å². The second-order valence-corrected chi connectivity index (χ2v) is 4.34. The van der Waals surface area contributed by atoms with Crippen molar-refractivity contribution >= 4 is 11.3 Å². The summed E-state index contributed by atoms with van der Waals surface area (Å²) in [5, 5.41) is 11.3. The number of hydrogen-bond acceptors (Lipinski definition) is 4. The van der Waals surface area contributed by atoms with E-state index in [-0.39, 0.29) is 12.0 Å². The van der Waals surface area contributed by atoms with Gasteiger partial charge in [0.05, 0.1) is 24.4 Å². The molecule has 0 saturated carbocycles. The molecular weight excluding hydrogens is 186 g/mol. The molecule has 4 heteroatoms. The number of nitrogens with zero attached hydrogens (tertiary/aromatic N) is 1. The summed E-state index contributed by atoms with van der Waals surface area (Å²) in [5.41, 5.74) is 2.84. The number of aromatic nitrogens is 1. The van der Waals surface area contributed by atoms with Gasteiger partial charge in [0.2, 0.25) is 0 Å². The molecule has 1 atom stereocenters. The lowest BCUT2D eigenvalue weighted by atomic mass is 9.84. The number of aliphatic hydroxyl groups excluding tert-OH is 1. The van der Waals surface area contributed by atoms with E-state index in [0.29, 0.717) is 6.61 Å². The van der Waals surface area contributed by atoms with E-state index in [0.717, 1.165) is 25.1 Å². The molecule has 1 aromatic rings. The molecule has 1 aromatic heterocycles. The van der Waals surface area contributed by atoms with Gasteiger partial charge >= 0.3 is 0 Å². The molecule has 0 spiro atoms. The molecule has 1 unspecified atom stereocenters. The molecular formula is C9H13NO2S.